The van der Waals surface area contributed by atoms with Crippen LogP contribution in [0.2, 0.25) is 5.15 Å². The van der Waals surface area contributed by atoms with E-state index in [-0.39, 0.29) is 0 Å². The zero-order valence-electron chi connectivity index (χ0n) is 5.58. The third-order valence-electron chi connectivity index (χ3n) is 1.36. The van der Waals surface area contributed by atoms with Crippen molar-refractivity contribution in [1.29, 1.82) is 0 Å². The van der Waals surface area contributed by atoms with Gasteiger partial charge in [0.1, 0.15) is 10.8 Å². The number of nitrogens with two attached hydrogens (primary N) is 1. The Morgan fingerprint density at radius 1 is 1.55 bits per heavy atom. The fourth-order valence-electron chi connectivity index (χ4n) is 0.792. The first kappa shape index (κ1) is 6.54. The van der Waals surface area contributed by atoms with Crippen molar-refractivity contribution in [2.75, 3.05) is 12.3 Å². The number of halogens is 1. The molecule has 0 spiro atoms. The summed E-state index contributed by atoms with van der Waals surface area (Å²) in [4.78, 5) is 11.8. The van der Waals surface area contributed by atoms with Gasteiger partial charge in [0.05, 0.1) is 18.5 Å². The van der Waals surface area contributed by atoms with Crippen molar-refractivity contribution in [3.8, 4) is 0 Å². The van der Waals surface area contributed by atoms with E-state index in [1.807, 2.05) is 0 Å². The van der Waals surface area contributed by atoms with Crippen molar-refractivity contribution in [3.05, 3.63) is 17.0 Å². The van der Waals surface area contributed by atoms with Crippen LogP contribution in [0.25, 0.3) is 0 Å². The molecule has 0 fully saturated rings. The van der Waals surface area contributed by atoms with Gasteiger partial charge in [0, 0.05) is 0 Å². The van der Waals surface area contributed by atoms with Crippen molar-refractivity contribution in [2.45, 2.75) is 0 Å². The largest absolute Gasteiger partial charge is 0.382 e. The zero-order chi connectivity index (χ0) is 7.84. The van der Waals surface area contributed by atoms with Gasteiger partial charge in [0.25, 0.3) is 0 Å². The molecule has 1 aromatic rings. The third-order valence-corrected chi connectivity index (χ3v) is 1.54. The first-order chi connectivity index (χ1) is 5.27. The molecule has 0 saturated carbocycles. The SMILES string of the molecule is Nc1nc(Cl)cnc1C1=NC1. The average molecular weight is 169 g/mol. The van der Waals surface area contributed by atoms with Gasteiger partial charge in [-0.2, -0.15) is 0 Å². The maximum absolute atomic E-state index is 5.55. The van der Waals surface area contributed by atoms with Crippen molar-refractivity contribution in [1.82, 2.24) is 9.97 Å². The molecule has 5 heteroatoms. The van der Waals surface area contributed by atoms with E-state index in [4.69, 9.17) is 17.3 Å². The van der Waals surface area contributed by atoms with Crippen LogP contribution in [0.1, 0.15) is 5.69 Å². The van der Waals surface area contributed by atoms with E-state index in [0.29, 0.717) is 16.7 Å². The van der Waals surface area contributed by atoms with Crippen molar-refractivity contribution >= 4 is 23.1 Å². The Morgan fingerprint density at radius 2 is 2.27 bits per heavy atom. The molecule has 1 aliphatic rings. The number of nitrogen functional groups attached to an aromatic ring is 1. The molecule has 1 aliphatic heterocycles. The summed E-state index contributed by atoms with van der Waals surface area (Å²) >= 11 is 5.55. The number of aromatic nitrogens is 2. The number of aliphatic imine (C=N–C) groups is 1. The fourth-order valence-corrected chi connectivity index (χ4v) is 0.932. The van der Waals surface area contributed by atoms with Gasteiger partial charge in [-0.1, -0.05) is 11.6 Å². The highest BCUT2D eigenvalue weighted by molar-refractivity contribution is 6.29. The molecule has 2 N–H and O–H groups in total. The van der Waals surface area contributed by atoms with E-state index in [1.54, 1.807) is 0 Å². The van der Waals surface area contributed by atoms with Crippen LogP contribution < -0.4 is 5.73 Å². The molecule has 0 unspecified atom stereocenters. The number of nitrogens with zero attached hydrogens (tertiary/aromatic N) is 3. The van der Waals surface area contributed by atoms with Crippen LogP contribution in [0.5, 0.6) is 0 Å². The molecule has 0 amide bonds. The molecule has 0 atom stereocenters. The smallest absolute Gasteiger partial charge is 0.153 e. The summed E-state index contributed by atoms with van der Waals surface area (Å²) in [5, 5.41) is 0.313. The maximum Gasteiger partial charge on any atom is 0.153 e. The fraction of sp³-hybridized carbons (Fsp3) is 0.167. The van der Waals surface area contributed by atoms with Crippen molar-refractivity contribution in [3.63, 3.8) is 0 Å². The lowest BCUT2D eigenvalue weighted by Crippen LogP contribution is -2.02. The first-order valence-corrected chi connectivity index (χ1v) is 3.47. The van der Waals surface area contributed by atoms with Gasteiger partial charge in [-0.05, 0) is 0 Å². The Hall–Kier alpha value is -1.16. The van der Waals surface area contributed by atoms with Crippen LogP contribution in [-0.2, 0) is 0 Å². The molecule has 56 valence electrons. The number of anilines is 1. The van der Waals surface area contributed by atoms with Gasteiger partial charge in [-0.25, -0.2) is 9.97 Å². The minimum atomic E-state index is 0.313. The minimum Gasteiger partial charge on any atom is -0.382 e. The van der Waals surface area contributed by atoms with Crippen LogP contribution in [0.3, 0.4) is 0 Å². The lowest BCUT2D eigenvalue weighted by Gasteiger charge is -1.96. The third kappa shape index (κ3) is 1.17. The van der Waals surface area contributed by atoms with Crippen LogP contribution in [0.4, 0.5) is 5.82 Å². The molecule has 0 saturated heterocycles. The van der Waals surface area contributed by atoms with Gasteiger partial charge in [0.15, 0.2) is 5.82 Å². The number of hydrogen-bond donors (Lipinski definition) is 1. The second-order valence-corrected chi connectivity index (χ2v) is 2.58. The second-order valence-electron chi connectivity index (χ2n) is 2.19. The van der Waals surface area contributed by atoms with E-state index < -0.39 is 0 Å². The second kappa shape index (κ2) is 2.17. The highest BCUT2D eigenvalue weighted by Crippen LogP contribution is 2.15. The molecular formula is C6H5ClN4. The summed E-state index contributed by atoms with van der Waals surface area (Å²) in [6.45, 7) is 0.723. The summed E-state index contributed by atoms with van der Waals surface area (Å²) in [6, 6.07) is 0. The van der Waals surface area contributed by atoms with Crippen LogP contribution in [0, 0.1) is 0 Å². The summed E-state index contributed by atoms with van der Waals surface area (Å²) in [7, 11) is 0. The van der Waals surface area contributed by atoms with E-state index in [1.165, 1.54) is 6.20 Å². The molecule has 1 aromatic heterocycles. The Labute approximate surface area is 68.1 Å². The Kier molecular flexibility index (Phi) is 1.29. The van der Waals surface area contributed by atoms with E-state index in [2.05, 4.69) is 15.0 Å². The van der Waals surface area contributed by atoms with Gasteiger partial charge in [-0.15, -0.1) is 0 Å². The molecule has 0 radical (unpaired) electrons. The molecule has 4 nitrogen and oxygen atoms in total. The lowest BCUT2D eigenvalue weighted by molar-refractivity contribution is 1.19. The summed E-state index contributed by atoms with van der Waals surface area (Å²) in [5.74, 6) is 0.355. The molecule has 2 rings (SSSR count). The summed E-state index contributed by atoms with van der Waals surface area (Å²) < 4.78 is 0. The van der Waals surface area contributed by atoms with Gasteiger partial charge in [0.2, 0.25) is 0 Å². The monoisotopic (exact) mass is 168 g/mol. The van der Waals surface area contributed by atoms with Gasteiger partial charge >= 0.3 is 0 Å². The predicted molar refractivity (Wildman–Crippen MR) is 42.9 cm³/mol. The molecular weight excluding hydrogens is 164 g/mol. The van der Waals surface area contributed by atoms with Crippen LogP contribution >= 0.6 is 11.6 Å². The zero-order valence-corrected chi connectivity index (χ0v) is 6.34. The molecule has 11 heavy (non-hydrogen) atoms. The van der Waals surface area contributed by atoms with Gasteiger partial charge in [-0.3, -0.25) is 4.99 Å². The lowest BCUT2D eigenvalue weighted by atomic mass is 10.3. The summed E-state index contributed by atoms with van der Waals surface area (Å²) in [5.41, 5.74) is 7.09. The topological polar surface area (TPSA) is 64.2 Å². The minimum absolute atomic E-state index is 0.313. The Balaban J connectivity index is 2.48. The Morgan fingerprint density at radius 3 is 2.82 bits per heavy atom. The average Bonchev–Trinajstić information content (AvgIpc) is 2.70. The highest BCUT2D eigenvalue weighted by Gasteiger charge is 2.17. The first-order valence-electron chi connectivity index (χ1n) is 3.09. The molecule has 0 bridgehead atoms. The van der Waals surface area contributed by atoms with Crippen molar-refractivity contribution in [2.24, 2.45) is 4.99 Å². The molecule has 0 aliphatic carbocycles. The molecule has 2 heterocycles. The predicted octanol–water partition coefficient (Wildman–Crippen LogP) is 0.515. The number of rotatable bonds is 1. The highest BCUT2D eigenvalue weighted by atomic mass is 35.5. The maximum atomic E-state index is 5.55. The normalized spacial score (nSPS) is 14.5. The van der Waals surface area contributed by atoms with E-state index in [0.717, 1.165) is 12.3 Å². The van der Waals surface area contributed by atoms with E-state index in [9.17, 15) is 0 Å². The quantitative estimate of drug-likeness (QED) is 0.665. The van der Waals surface area contributed by atoms with Crippen molar-refractivity contribution < 1.29 is 0 Å². The van der Waals surface area contributed by atoms with Crippen LogP contribution in [-0.4, -0.2) is 22.2 Å². The summed E-state index contributed by atoms with van der Waals surface area (Å²) in [6.07, 6.45) is 1.47. The number of hydrogen-bond acceptors (Lipinski definition) is 4. The van der Waals surface area contributed by atoms with Gasteiger partial charge < -0.3 is 5.73 Å². The molecule has 0 aromatic carbocycles. The van der Waals surface area contributed by atoms with Crippen LogP contribution in [0.15, 0.2) is 11.2 Å². The standard InChI is InChI=1S/C6H5ClN4/c7-4-2-10-5(3-1-9-3)6(8)11-4/h2H,1H2,(H2,8,11). The van der Waals surface area contributed by atoms with E-state index >= 15 is 0 Å². The Bertz CT molecular complexity index is 333.